The number of primary sulfonamides is 1. The molecule has 0 spiro atoms. The Bertz CT molecular complexity index is 410. The van der Waals surface area contributed by atoms with Crippen LogP contribution in [0.15, 0.2) is 21.3 Å². The van der Waals surface area contributed by atoms with E-state index in [2.05, 4.69) is 9.97 Å². The summed E-state index contributed by atoms with van der Waals surface area (Å²) in [7, 11) is -3.76. The van der Waals surface area contributed by atoms with Gasteiger partial charge >= 0.3 is 0 Å². The van der Waals surface area contributed by atoms with Crippen molar-refractivity contribution in [2.75, 3.05) is 12.5 Å². The van der Waals surface area contributed by atoms with Crippen LogP contribution in [0.1, 0.15) is 0 Å². The summed E-state index contributed by atoms with van der Waals surface area (Å²) in [4.78, 5) is 7.72. The Balaban J connectivity index is 3.50. The lowest BCUT2D eigenvalue weighted by molar-refractivity contribution is 0.589. The summed E-state index contributed by atoms with van der Waals surface area (Å²) < 4.78 is 22.5. The van der Waals surface area contributed by atoms with Crippen LogP contribution in [0.4, 0.5) is 0 Å². The first-order valence-electron chi connectivity index (χ1n) is 3.46. The van der Waals surface area contributed by atoms with Crippen LogP contribution < -0.4 is 5.14 Å². The Morgan fingerprint density at radius 1 is 1.21 bits per heavy atom. The van der Waals surface area contributed by atoms with Gasteiger partial charge in [-0.1, -0.05) is 0 Å². The van der Waals surface area contributed by atoms with Gasteiger partial charge in [-0.05, 0) is 12.5 Å². The van der Waals surface area contributed by atoms with E-state index in [4.69, 9.17) is 5.14 Å². The molecule has 5 nitrogen and oxygen atoms in total. The molecule has 0 aliphatic carbocycles. The van der Waals surface area contributed by atoms with Gasteiger partial charge in [0.05, 0.1) is 0 Å². The molecule has 78 valence electrons. The molecule has 1 heterocycles. The van der Waals surface area contributed by atoms with Crippen LogP contribution in [0, 0.1) is 0 Å². The van der Waals surface area contributed by atoms with Crippen LogP contribution in [-0.2, 0) is 10.0 Å². The smallest absolute Gasteiger partial charge is 0.229 e. The third kappa shape index (κ3) is 2.38. The van der Waals surface area contributed by atoms with Crippen LogP contribution >= 0.6 is 23.5 Å². The molecule has 0 atom stereocenters. The maximum Gasteiger partial charge on any atom is 0.243 e. The molecule has 1 aromatic rings. The molecule has 0 radical (unpaired) electrons. The zero-order valence-electron chi connectivity index (χ0n) is 7.59. The normalized spacial score (nSPS) is 11.6. The van der Waals surface area contributed by atoms with Gasteiger partial charge in [0.15, 0.2) is 0 Å². The van der Waals surface area contributed by atoms with Gasteiger partial charge in [-0.2, -0.15) is 0 Å². The highest BCUT2D eigenvalue weighted by Crippen LogP contribution is 2.28. The lowest BCUT2D eigenvalue weighted by atomic mass is 10.7. The molecule has 0 amide bonds. The van der Waals surface area contributed by atoms with E-state index in [9.17, 15) is 8.42 Å². The van der Waals surface area contributed by atoms with Crippen molar-refractivity contribution in [1.82, 2.24) is 9.97 Å². The van der Waals surface area contributed by atoms with Gasteiger partial charge in [-0.3, -0.25) is 0 Å². The van der Waals surface area contributed by atoms with Gasteiger partial charge in [0, 0.05) is 0 Å². The first kappa shape index (κ1) is 11.8. The predicted octanol–water partition coefficient (Wildman–Crippen LogP) is 0.568. The molecule has 0 bridgehead atoms. The number of nitrogens with zero attached hydrogens (tertiary/aromatic N) is 2. The van der Waals surface area contributed by atoms with Crippen LogP contribution in [-0.4, -0.2) is 30.9 Å². The number of hydrogen-bond acceptors (Lipinski definition) is 6. The fraction of sp³-hybridized carbons (Fsp3) is 0.333. The van der Waals surface area contributed by atoms with Crippen molar-refractivity contribution in [3.05, 3.63) is 6.33 Å². The first-order valence-corrected chi connectivity index (χ1v) is 7.46. The highest BCUT2D eigenvalue weighted by atomic mass is 32.2. The van der Waals surface area contributed by atoms with Crippen molar-refractivity contribution in [3.63, 3.8) is 0 Å². The van der Waals surface area contributed by atoms with Crippen molar-refractivity contribution < 1.29 is 8.42 Å². The molecule has 0 saturated carbocycles. The second-order valence-electron chi connectivity index (χ2n) is 2.27. The number of sulfonamides is 1. The summed E-state index contributed by atoms with van der Waals surface area (Å²) in [5, 5.41) is 5.84. The molecule has 0 aliphatic heterocycles. The zero-order chi connectivity index (χ0) is 10.8. The topological polar surface area (TPSA) is 85.9 Å². The highest BCUT2D eigenvalue weighted by Gasteiger charge is 2.20. The van der Waals surface area contributed by atoms with Crippen molar-refractivity contribution in [1.29, 1.82) is 0 Å². The van der Waals surface area contributed by atoms with Crippen molar-refractivity contribution in [2.45, 2.75) is 14.9 Å². The van der Waals surface area contributed by atoms with Gasteiger partial charge in [0.1, 0.15) is 21.3 Å². The quantitative estimate of drug-likeness (QED) is 0.624. The van der Waals surface area contributed by atoms with Gasteiger partial charge < -0.3 is 0 Å². The minimum Gasteiger partial charge on any atom is -0.229 e. The SMILES string of the molecule is CSc1ncnc(SC)c1S(N)(=O)=O. The third-order valence-corrected chi connectivity index (χ3v) is 4.02. The minimum atomic E-state index is -3.76. The molecule has 1 rings (SSSR count). The molecule has 0 aliphatic rings. The van der Waals surface area contributed by atoms with Gasteiger partial charge in [-0.15, -0.1) is 23.5 Å². The van der Waals surface area contributed by atoms with Crippen molar-refractivity contribution >= 4 is 33.5 Å². The molecule has 8 heteroatoms. The lowest BCUT2D eigenvalue weighted by Gasteiger charge is -2.06. The number of hydrogen-bond donors (Lipinski definition) is 1. The van der Waals surface area contributed by atoms with E-state index in [1.807, 2.05) is 0 Å². The average Bonchev–Trinajstić information content (AvgIpc) is 2.15. The van der Waals surface area contributed by atoms with Crippen LogP contribution in [0.25, 0.3) is 0 Å². The van der Waals surface area contributed by atoms with Crippen molar-refractivity contribution in [2.24, 2.45) is 5.14 Å². The van der Waals surface area contributed by atoms with Gasteiger partial charge in [-0.25, -0.2) is 23.5 Å². The molecule has 0 saturated heterocycles. The maximum atomic E-state index is 11.3. The zero-order valence-corrected chi connectivity index (χ0v) is 10.0. The summed E-state index contributed by atoms with van der Waals surface area (Å²) in [5.41, 5.74) is 0. The number of nitrogens with two attached hydrogens (primary N) is 1. The van der Waals surface area contributed by atoms with E-state index in [-0.39, 0.29) is 4.90 Å². The summed E-state index contributed by atoms with van der Waals surface area (Å²) in [6.07, 6.45) is 4.80. The largest absolute Gasteiger partial charge is 0.243 e. The second-order valence-corrected chi connectivity index (χ2v) is 5.35. The molecule has 0 fully saturated rings. The molecule has 0 aromatic carbocycles. The first-order chi connectivity index (χ1) is 6.50. The molecule has 14 heavy (non-hydrogen) atoms. The van der Waals surface area contributed by atoms with Gasteiger partial charge in [0.2, 0.25) is 10.0 Å². The Kier molecular flexibility index (Phi) is 3.76. The number of thioether (sulfide) groups is 2. The lowest BCUT2D eigenvalue weighted by Crippen LogP contribution is -2.15. The highest BCUT2D eigenvalue weighted by molar-refractivity contribution is 8.00. The van der Waals surface area contributed by atoms with E-state index >= 15 is 0 Å². The standard InChI is InChI=1S/C6H9N3O2S3/c1-12-5-4(14(7,10)11)6(13-2)9-3-8-5/h3H,1-2H3,(H2,7,10,11). The van der Waals surface area contributed by atoms with Gasteiger partial charge in [0.25, 0.3) is 0 Å². The van der Waals surface area contributed by atoms with E-state index < -0.39 is 10.0 Å². The average molecular weight is 251 g/mol. The molecule has 1 aromatic heterocycles. The Labute approximate surface area is 90.9 Å². The Hall–Kier alpha value is -0.310. The minimum absolute atomic E-state index is 0.0139. The van der Waals surface area contributed by atoms with Crippen LogP contribution in [0.3, 0.4) is 0 Å². The fourth-order valence-corrected chi connectivity index (χ4v) is 3.60. The van der Waals surface area contributed by atoms with Crippen LogP contribution in [0.2, 0.25) is 0 Å². The molecular formula is C6H9N3O2S3. The summed E-state index contributed by atoms with van der Waals surface area (Å²) >= 11 is 2.46. The van der Waals surface area contributed by atoms with E-state index in [0.717, 1.165) is 0 Å². The number of rotatable bonds is 3. The molecule has 0 unspecified atom stereocenters. The van der Waals surface area contributed by atoms with E-state index in [0.29, 0.717) is 10.1 Å². The Morgan fingerprint density at radius 3 is 1.93 bits per heavy atom. The van der Waals surface area contributed by atoms with Crippen molar-refractivity contribution in [3.8, 4) is 0 Å². The molecular weight excluding hydrogens is 242 g/mol. The summed E-state index contributed by atoms with van der Waals surface area (Å²) in [6.45, 7) is 0. The summed E-state index contributed by atoms with van der Waals surface area (Å²) in [5.74, 6) is 0. The fourth-order valence-electron chi connectivity index (χ4n) is 0.877. The van der Waals surface area contributed by atoms with E-state index in [1.54, 1.807) is 12.5 Å². The monoisotopic (exact) mass is 251 g/mol. The summed E-state index contributed by atoms with van der Waals surface area (Å²) in [6, 6.07) is 0. The predicted molar refractivity (Wildman–Crippen MR) is 57.0 cm³/mol. The van der Waals surface area contributed by atoms with E-state index in [1.165, 1.54) is 29.9 Å². The number of aromatic nitrogens is 2. The molecule has 2 N–H and O–H groups in total. The second kappa shape index (κ2) is 4.47. The third-order valence-electron chi connectivity index (χ3n) is 1.41. The van der Waals surface area contributed by atoms with Crippen LogP contribution in [0.5, 0.6) is 0 Å². The Morgan fingerprint density at radius 2 is 1.64 bits per heavy atom. The maximum absolute atomic E-state index is 11.3.